The Bertz CT molecular complexity index is 1420. The van der Waals surface area contributed by atoms with Crippen molar-refractivity contribution in [3.8, 4) is 5.75 Å². The molecule has 0 amide bonds. The number of alkyl halides is 6. The summed E-state index contributed by atoms with van der Waals surface area (Å²) in [7, 11) is -2.68. The van der Waals surface area contributed by atoms with Crippen LogP contribution in [0.1, 0.15) is 16.7 Å². The van der Waals surface area contributed by atoms with E-state index in [1.807, 2.05) is 0 Å². The van der Waals surface area contributed by atoms with Crippen molar-refractivity contribution in [2.45, 2.75) is 27.7 Å². The van der Waals surface area contributed by atoms with E-state index < -0.39 is 67.5 Å². The molecule has 0 saturated heterocycles. The molecule has 3 N–H and O–H groups in total. The summed E-state index contributed by atoms with van der Waals surface area (Å²) in [4.78, 5) is 9.96. The van der Waals surface area contributed by atoms with Crippen LogP contribution in [-0.4, -0.2) is 37.9 Å². The maximum atomic E-state index is 14.1. The molecular formula is C24H14F8O5S. The molecule has 38 heavy (non-hydrogen) atoms. The highest BCUT2D eigenvalue weighted by Crippen LogP contribution is 2.50. The fraction of sp³-hybridized carbons (Fsp3) is 0.125. The van der Waals surface area contributed by atoms with E-state index in [2.05, 4.69) is 0 Å². The molecule has 0 bridgehead atoms. The van der Waals surface area contributed by atoms with Crippen LogP contribution in [0.4, 0.5) is 35.1 Å². The summed E-state index contributed by atoms with van der Waals surface area (Å²) in [6, 6.07) is 7.48. The lowest BCUT2D eigenvalue weighted by atomic mass is 9.92. The molecule has 1 unspecified atom stereocenters. The van der Waals surface area contributed by atoms with Crippen LogP contribution in [0.5, 0.6) is 5.75 Å². The predicted molar refractivity (Wildman–Crippen MR) is 116 cm³/mol. The Morgan fingerprint density at radius 1 is 0.789 bits per heavy atom. The molecule has 5 nitrogen and oxygen atoms in total. The first-order valence-electron chi connectivity index (χ1n) is 10.1. The van der Waals surface area contributed by atoms with Gasteiger partial charge in [-0.05, 0) is 59.7 Å². The molecule has 0 heterocycles. The van der Waals surface area contributed by atoms with Crippen molar-refractivity contribution in [1.82, 2.24) is 0 Å². The highest BCUT2D eigenvalue weighted by molar-refractivity contribution is 7.85. The lowest BCUT2D eigenvalue weighted by Crippen LogP contribution is -2.54. The Morgan fingerprint density at radius 3 is 1.87 bits per heavy atom. The summed E-state index contributed by atoms with van der Waals surface area (Å²) < 4.78 is 120. The largest absolute Gasteiger partial charge is 0.507 e. The highest BCUT2D eigenvalue weighted by Gasteiger charge is 2.71. The van der Waals surface area contributed by atoms with Crippen molar-refractivity contribution < 1.29 is 59.4 Å². The summed E-state index contributed by atoms with van der Waals surface area (Å²) in [6.07, 6.45) is -12.0. The van der Waals surface area contributed by atoms with Gasteiger partial charge in [0, 0.05) is 27.0 Å². The minimum absolute atomic E-state index is 0.0689. The molecule has 3 aromatic rings. The highest BCUT2D eigenvalue weighted by atomic mass is 32.2. The first kappa shape index (κ1) is 28.8. The van der Waals surface area contributed by atoms with Gasteiger partial charge in [-0.25, -0.2) is 17.8 Å². The van der Waals surface area contributed by atoms with Gasteiger partial charge in [0.2, 0.25) is 0 Å². The van der Waals surface area contributed by atoms with Crippen LogP contribution in [0.25, 0.3) is 5.57 Å². The van der Waals surface area contributed by atoms with Crippen molar-refractivity contribution >= 4 is 22.3 Å². The number of carboxylic acid groups (broad SMARTS) is 1. The van der Waals surface area contributed by atoms with Gasteiger partial charge in [-0.15, -0.1) is 0 Å². The summed E-state index contributed by atoms with van der Waals surface area (Å²) in [5.41, 5.74) is -7.58. The lowest BCUT2D eigenvalue weighted by Gasteiger charge is -2.32. The van der Waals surface area contributed by atoms with Gasteiger partial charge >= 0.3 is 18.3 Å². The first-order chi connectivity index (χ1) is 17.5. The minimum Gasteiger partial charge on any atom is -0.507 e. The van der Waals surface area contributed by atoms with Crippen LogP contribution in [-0.2, 0) is 21.2 Å². The number of hydrogen-bond acceptors (Lipinski definition) is 4. The van der Waals surface area contributed by atoms with E-state index >= 15 is 0 Å². The van der Waals surface area contributed by atoms with E-state index in [1.54, 1.807) is 0 Å². The van der Waals surface area contributed by atoms with E-state index in [1.165, 1.54) is 12.1 Å². The van der Waals surface area contributed by atoms with Crippen molar-refractivity contribution in [1.29, 1.82) is 0 Å². The molecule has 1 atom stereocenters. The molecule has 0 saturated carbocycles. The van der Waals surface area contributed by atoms with Crippen LogP contribution in [0.15, 0.2) is 76.5 Å². The Morgan fingerprint density at radius 2 is 1.37 bits per heavy atom. The smallest absolute Gasteiger partial charge is 0.430 e. The molecule has 0 spiro atoms. The Labute approximate surface area is 210 Å². The van der Waals surface area contributed by atoms with Crippen molar-refractivity contribution in [3.05, 3.63) is 95.1 Å². The maximum Gasteiger partial charge on any atom is 0.430 e. The average Bonchev–Trinajstić information content (AvgIpc) is 2.80. The molecule has 0 aliphatic carbocycles. The third-order valence-electron chi connectivity index (χ3n) is 5.22. The van der Waals surface area contributed by atoms with Crippen LogP contribution >= 0.6 is 0 Å². The number of aliphatic carboxylic acids is 1. The number of halogens is 8. The second-order valence-electron chi connectivity index (χ2n) is 7.73. The zero-order valence-corrected chi connectivity index (χ0v) is 19.3. The van der Waals surface area contributed by atoms with Gasteiger partial charge < -0.3 is 15.3 Å². The van der Waals surface area contributed by atoms with Crippen LogP contribution in [0, 0.1) is 11.6 Å². The molecule has 0 aliphatic heterocycles. The van der Waals surface area contributed by atoms with E-state index in [4.69, 9.17) is 0 Å². The third kappa shape index (κ3) is 5.55. The van der Waals surface area contributed by atoms with Crippen molar-refractivity contribution in [3.63, 3.8) is 0 Å². The monoisotopic (exact) mass is 566 g/mol. The van der Waals surface area contributed by atoms with Crippen LogP contribution in [0.2, 0.25) is 0 Å². The summed E-state index contributed by atoms with van der Waals surface area (Å²) >= 11 is 0. The van der Waals surface area contributed by atoms with Gasteiger partial charge in [0.1, 0.15) is 17.4 Å². The first-order valence-corrected chi connectivity index (χ1v) is 11.2. The molecule has 3 rings (SSSR count). The predicted octanol–water partition coefficient (Wildman–Crippen LogP) is 5.67. The van der Waals surface area contributed by atoms with Gasteiger partial charge in [-0.2, -0.15) is 26.3 Å². The minimum atomic E-state index is -6.31. The number of phenols is 1. The Hall–Kier alpha value is -3.78. The van der Waals surface area contributed by atoms with Gasteiger partial charge in [0.25, 0.3) is 5.60 Å². The fourth-order valence-electron chi connectivity index (χ4n) is 3.43. The zero-order chi connectivity index (χ0) is 28.6. The molecule has 0 aliphatic rings. The zero-order valence-electron chi connectivity index (χ0n) is 18.4. The fourth-order valence-corrected chi connectivity index (χ4v) is 4.56. The number of aromatic hydroxyl groups is 1. The molecule has 0 aromatic heterocycles. The van der Waals surface area contributed by atoms with Crippen LogP contribution < -0.4 is 0 Å². The SMILES string of the molecule is O=C(O)C=C(c1ccc(F)cc1)c1ccc(S(=O)c2cc(F)cc(C(O)(C(F)(F)F)C(F)(F)F)c2)cc1O. The van der Waals surface area contributed by atoms with Crippen LogP contribution in [0.3, 0.4) is 0 Å². The number of rotatable bonds is 6. The standard InChI is InChI=1S/C24H14F8O5S/c25-14-3-1-12(2-4-14)19(11-21(34)35)18-6-5-16(10-20(18)33)38(37)17-8-13(7-15(26)9-17)22(36,23(27,28)29)24(30,31)32/h1-11,33,36H,(H,34,35). The van der Waals surface area contributed by atoms with E-state index in [9.17, 15) is 59.4 Å². The molecule has 0 radical (unpaired) electrons. The van der Waals surface area contributed by atoms with Crippen molar-refractivity contribution in [2.75, 3.05) is 0 Å². The summed E-state index contributed by atoms with van der Waals surface area (Å²) in [5, 5.41) is 29.2. The number of aliphatic hydroxyl groups is 1. The quantitative estimate of drug-likeness (QED) is 0.264. The number of carboxylic acids is 1. The number of carbonyl (C=O) groups is 1. The van der Waals surface area contributed by atoms with Gasteiger partial charge in [-0.3, -0.25) is 0 Å². The Kier molecular flexibility index (Phi) is 7.71. The van der Waals surface area contributed by atoms with E-state index in [0.717, 1.165) is 30.3 Å². The summed E-state index contributed by atoms with van der Waals surface area (Å²) in [6.45, 7) is 0. The molecule has 14 heteroatoms. The van der Waals surface area contributed by atoms with E-state index in [0.29, 0.717) is 12.1 Å². The maximum absolute atomic E-state index is 14.1. The average molecular weight is 566 g/mol. The topological polar surface area (TPSA) is 94.8 Å². The number of phenolic OH excluding ortho intramolecular Hbond substituents is 1. The Balaban J connectivity index is 2.09. The normalized spacial score (nSPS) is 13.9. The van der Waals surface area contributed by atoms with Gasteiger partial charge in [-0.1, -0.05) is 12.1 Å². The van der Waals surface area contributed by atoms with Gasteiger partial charge in [0.05, 0.1) is 10.8 Å². The number of hydrogen-bond donors (Lipinski definition) is 3. The third-order valence-corrected chi connectivity index (χ3v) is 6.57. The summed E-state index contributed by atoms with van der Waals surface area (Å²) in [5.74, 6) is -4.48. The second kappa shape index (κ2) is 10.2. The molecular weight excluding hydrogens is 552 g/mol. The molecule has 0 fully saturated rings. The number of benzene rings is 3. The van der Waals surface area contributed by atoms with Crippen molar-refractivity contribution in [2.24, 2.45) is 0 Å². The molecule has 202 valence electrons. The van der Waals surface area contributed by atoms with E-state index in [-0.39, 0.29) is 28.8 Å². The van der Waals surface area contributed by atoms with Gasteiger partial charge in [0.15, 0.2) is 0 Å². The molecule has 3 aromatic carbocycles. The second-order valence-corrected chi connectivity index (χ2v) is 9.21. The lowest BCUT2D eigenvalue weighted by molar-refractivity contribution is -0.376.